The van der Waals surface area contributed by atoms with Gasteiger partial charge in [-0.25, -0.2) is 14.5 Å². The number of rotatable bonds is 3. The van der Waals surface area contributed by atoms with Gasteiger partial charge in [0.15, 0.2) is 5.65 Å². The van der Waals surface area contributed by atoms with Crippen molar-refractivity contribution < 1.29 is 0 Å². The Balaban J connectivity index is 1.33. The fourth-order valence-corrected chi connectivity index (χ4v) is 4.54. The molecule has 1 aliphatic heterocycles. The summed E-state index contributed by atoms with van der Waals surface area (Å²) in [5.41, 5.74) is 8.58. The maximum atomic E-state index is 4.69. The monoisotopic (exact) mass is 423 g/mol. The van der Waals surface area contributed by atoms with Crippen LogP contribution < -0.4 is 4.90 Å². The highest BCUT2D eigenvalue weighted by Gasteiger charge is 2.15. The molecule has 1 aromatic carbocycles. The molecule has 0 N–H and O–H groups in total. The molecule has 0 bridgehead atoms. The van der Waals surface area contributed by atoms with Crippen LogP contribution in [0, 0.1) is 6.92 Å². The lowest BCUT2D eigenvalue weighted by Crippen LogP contribution is -2.44. The number of aromatic nitrogens is 5. The number of fused-ring (bicyclic) bond motifs is 2. The lowest BCUT2D eigenvalue weighted by atomic mass is 10.1. The van der Waals surface area contributed by atoms with E-state index in [9.17, 15) is 0 Å². The van der Waals surface area contributed by atoms with E-state index in [4.69, 9.17) is 4.98 Å². The minimum Gasteiger partial charge on any atom is -0.369 e. The van der Waals surface area contributed by atoms with Crippen LogP contribution in [0.3, 0.4) is 0 Å². The average molecular weight is 424 g/mol. The van der Waals surface area contributed by atoms with Crippen molar-refractivity contribution in [3.63, 3.8) is 0 Å². The molecule has 160 valence electrons. The molecule has 5 aromatic rings. The van der Waals surface area contributed by atoms with E-state index in [0.717, 1.165) is 59.9 Å². The van der Waals surface area contributed by atoms with Gasteiger partial charge >= 0.3 is 0 Å². The van der Waals surface area contributed by atoms with Gasteiger partial charge in [-0.05, 0) is 61.0 Å². The Morgan fingerprint density at radius 2 is 1.69 bits per heavy atom. The number of hydrogen-bond acceptors (Lipinski definition) is 5. The summed E-state index contributed by atoms with van der Waals surface area (Å²) in [6, 6.07) is 15.3. The van der Waals surface area contributed by atoms with Gasteiger partial charge in [0.25, 0.3) is 0 Å². The van der Waals surface area contributed by atoms with Gasteiger partial charge in [0, 0.05) is 49.8 Å². The summed E-state index contributed by atoms with van der Waals surface area (Å²) in [4.78, 5) is 14.0. The first kappa shape index (κ1) is 19.0. The molecule has 0 saturated carbocycles. The molecule has 5 heterocycles. The van der Waals surface area contributed by atoms with Crippen LogP contribution in [0.4, 0.5) is 5.69 Å². The zero-order valence-corrected chi connectivity index (χ0v) is 18.3. The van der Waals surface area contributed by atoms with Crippen molar-refractivity contribution in [3.05, 3.63) is 72.9 Å². The smallest absolute Gasteiger partial charge is 0.164 e. The summed E-state index contributed by atoms with van der Waals surface area (Å²) in [6.45, 7) is 6.46. The summed E-state index contributed by atoms with van der Waals surface area (Å²) in [7, 11) is 2.19. The van der Waals surface area contributed by atoms with E-state index >= 15 is 0 Å². The third kappa shape index (κ3) is 3.22. The zero-order chi connectivity index (χ0) is 21.7. The predicted molar refractivity (Wildman–Crippen MR) is 127 cm³/mol. The second kappa shape index (κ2) is 7.46. The quantitative estimate of drug-likeness (QED) is 0.442. The number of piperazine rings is 1. The predicted octanol–water partition coefficient (Wildman–Crippen LogP) is 3.77. The molecule has 0 aliphatic carbocycles. The lowest BCUT2D eigenvalue weighted by molar-refractivity contribution is 0.313. The molecule has 1 fully saturated rings. The Morgan fingerprint density at radius 1 is 0.875 bits per heavy atom. The van der Waals surface area contributed by atoms with Crippen molar-refractivity contribution in [3.8, 4) is 22.4 Å². The van der Waals surface area contributed by atoms with Gasteiger partial charge in [0.1, 0.15) is 12.0 Å². The maximum absolute atomic E-state index is 4.69. The summed E-state index contributed by atoms with van der Waals surface area (Å²) in [5, 5.41) is 4.30. The van der Waals surface area contributed by atoms with Crippen molar-refractivity contribution in [2.45, 2.75) is 6.92 Å². The van der Waals surface area contributed by atoms with Gasteiger partial charge in [-0.3, -0.25) is 4.40 Å². The van der Waals surface area contributed by atoms with Crippen LogP contribution in [0.5, 0.6) is 0 Å². The van der Waals surface area contributed by atoms with Crippen molar-refractivity contribution in [1.82, 2.24) is 28.9 Å². The lowest BCUT2D eigenvalue weighted by Gasteiger charge is -2.34. The maximum Gasteiger partial charge on any atom is 0.164 e. The molecule has 1 aliphatic rings. The number of anilines is 1. The number of nitrogens with zero attached hydrogens (tertiary/aromatic N) is 7. The number of aryl methyl sites for hydroxylation is 1. The van der Waals surface area contributed by atoms with Gasteiger partial charge in [-0.15, -0.1) is 0 Å². The largest absolute Gasteiger partial charge is 0.369 e. The molecule has 4 aromatic heterocycles. The molecule has 32 heavy (non-hydrogen) atoms. The number of likely N-dealkylation sites (N-methyl/N-ethyl adjacent to an activating group) is 1. The summed E-state index contributed by atoms with van der Waals surface area (Å²) in [6.07, 6.45) is 7.58. The average Bonchev–Trinajstić information content (AvgIpc) is 3.46. The number of hydrogen-bond donors (Lipinski definition) is 0. The highest BCUT2D eigenvalue weighted by molar-refractivity contribution is 5.78. The van der Waals surface area contributed by atoms with Crippen LogP contribution in [0.15, 0.2) is 67.4 Å². The van der Waals surface area contributed by atoms with Gasteiger partial charge in [-0.1, -0.05) is 12.1 Å². The van der Waals surface area contributed by atoms with E-state index in [2.05, 4.69) is 86.9 Å². The number of imidazole rings is 1. The number of pyridine rings is 2. The third-order valence-corrected chi connectivity index (χ3v) is 6.37. The number of benzene rings is 1. The molecular formula is C25H25N7. The van der Waals surface area contributed by atoms with Gasteiger partial charge < -0.3 is 9.80 Å². The molecule has 1 saturated heterocycles. The summed E-state index contributed by atoms with van der Waals surface area (Å²) < 4.78 is 3.94. The Kier molecular flexibility index (Phi) is 4.43. The van der Waals surface area contributed by atoms with Crippen LogP contribution in [0.1, 0.15) is 5.56 Å². The van der Waals surface area contributed by atoms with Crippen molar-refractivity contribution in [1.29, 1.82) is 0 Å². The Hall–Kier alpha value is -3.71. The fraction of sp³-hybridized carbons (Fsp3) is 0.240. The highest BCUT2D eigenvalue weighted by Crippen LogP contribution is 2.29. The van der Waals surface area contributed by atoms with E-state index in [1.54, 1.807) is 6.33 Å². The van der Waals surface area contributed by atoms with E-state index in [1.165, 1.54) is 11.3 Å². The molecule has 0 amide bonds. The molecule has 0 unspecified atom stereocenters. The second-order valence-corrected chi connectivity index (χ2v) is 8.58. The van der Waals surface area contributed by atoms with E-state index in [-0.39, 0.29) is 0 Å². The summed E-state index contributed by atoms with van der Waals surface area (Å²) >= 11 is 0. The van der Waals surface area contributed by atoms with Crippen LogP contribution in [0.2, 0.25) is 0 Å². The normalized spacial score (nSPS) is 15.1. The first-order valence-electron chi connectivity index (χ1n) is 11.0. The van der Waals surface area contributed by atoms with Gasteiger partial charge in [0.2, 0.25) is 0 Å². The minimum atomic E-state index is 0.834. The Morgan fingerprint density at radius 3 is 2.50 bits per heavy atom. The van der Waals surface area contributed by atoms with Crippen molar-refractivity contribution in [2.24, 2.45) is 0 Å². The van der Waals surface area contributed by atoms with Crippen LogP contribution >= 0.6 is 0 Å². The second-order valence-electron chi connectivity index (χ2n) is 8.58. The fourth-order valence-electron chi connectivity index (χ4n) is 4.54. The molecule has 0 atom stereocenters. The Labute approximate surface area is 186 Å². The Bertz CT molecular complexity index is 1410. The van der Waals surface area contributed by atoms with Gasteiger partial charge in [0.05, 0.1) is 11.9 Å². The minimum absolute atomic E-state index is 0.834. The summed E-state index contributed by atoms with van der Waals surface area (Å²) in [5.74, 6) is 0. The van der Waals surface area contributed by atoms with E-state index in [1.807, 2.05) is 16.9 Å². The van der Waals surface area contributed by atoms with Crippen LogP contribution in [0.25, 0.3) is 33.7 Å². The van der Waals surface area contributed by atoms with E-state index in [0.29, 0.717) is 0 Å². The molecule has 7 nitrogen and oxygen atoms in total. The highest BCUT2D eigenvalue weighted by atomic mass is 15.3. The van der Waals surface area contributed by atoms with Gasteiger partial charge in [-0.2, -0.15) is 5.10 Å². The standard InChI is InChI=1S/C25H25N7/c1-18-13-22(25-27-17-28-32(25)16-18)23-15-26-24-14-20(7-8-31(23)24)19-3-5-21(6-4-19)30-11-9-29(2)10-12-30/h3-8,13-17H,9-12H2,1-2H3. The molecule has 0 radical (unpaired) electrons. The van der Waals surface area contributed by atoms with E-state index < -0.39 is 0 Å². The molecular weight excluding hydrogens is 398 g/mol. The van der Waals surface area contributed by atoms with Crippen molar-refractivity contribution >= 4 is 17.0 Å². The molecule has 7 heteroatoms. The van der Waals surface area contributed by atoms with Crippen LogP contribution in [-0.4, -0.2) is 62.1 Å². The van der Waals surface area contributed by atoms with Crippen LogP contribution in [-0.2, 0) is 0 Å². The first-order valence-corrected chi connectivity index (χ1v) is 11.0. The zero-order valence-electron chi connectivity index (χ0n) is 18.3. The molecule has 0 spiro atoms. The molecule has 6 rings (SSSR count). The topological polar surface area (TPSA) is 54.0 Å². The first-order chi connectivity index (χ1) is 15.7. The SMILES string of the molecule is Cc1cc(-c2cnc3cc(-c4ccc(N5CCN(C)CC5)cc4)ccn23)c2ncnn2c1. The third-order valence-electron chi connectivity index (χ3n) is 6.37. The van der Waals surface area contributed by atoms with Crippen molar-refractivity contribution in [2.75, 3.05) is 38.1 Å².